The average Bonchev–Trinajstić information content (AvgIpc) is 3.21. The van der Waals surface area contributed by atoms with Gasteiger partial charge in [-0.1, -0.05) is 23.8 Å². The number of amides is 1. The minimum Gasteiger partial charge on any atom is -0.508 e. The number of rotatable bonds is 0. The molecule has 3 aromatic carbocycles. The summed E-state index contributed by atoms with van der Waals surface area (Å²) < 4.78 is 0. The fraction of sp³-hybridized carbons (Fsp3) is 0.174. The van der Waals surface area contributed by atoms with Gasteiger partial charge < -0.3 is 15.4 Å². The molecule has 0 bridgehead atoms. The number of aryl methyl sites for hydroxylation is 3. The molecule has 1 amide bonds. The van der Waals surface area contributed by atoms with Crippen molar-refractivity contribution >= 4 is 27.7 Å². The zero-order valence-corrected chi connectivity index (χ0v) is 14.9. The number of aromatic nitrogens is 1. The monoisotopic (exact) mass is 354 g/mol. The van der Waals surface area contributed by atoms with Gasteiger partial charge in [0.05, 0.1) is 11.1 Å². The zero-order chi connectivity index (χ0) is 18.3. The molecule has 4 aromatic rings. The highest BCUT2D eigenvalue weighted by atomic mass is 16.3. The number of H-pyrrole nitrogens is 1. The van der Waals surface area contributed by atoms with Gasteiger partial charge in [-0.15, -0.1) is 0 Å². The van der Waals surface area contributed by atoms with Crippen LogP contribution in [0.2, 0.25) is 0 Å². The molecule has 3 N–H and O–H groups in total. The first kappa shape index (κ1) is 14.9. The fourth-order valence-electron chi connectivity index (χ4n) is 4.94. The maximum Gasteiger partial charge on any atom is 0.252 e. The van der Waals surface area contributed by atoms with E-state index in [1.54, 1.807) is 12.1 Å². The molecule has 132 valence electrons. The lowest BCUT2D eigenvalue weighted by Gasteiger charge is -2.23. The Kier molecular flexibility index (Phi) is 2.70. The van der Waals surface area contributed by atoms with E-state index >= 15 is 0 Å². The topological polar surface area (TPSA) is 65.1 Å². The van der Waals surface area contributed by atoms with Crippen LogP contribution >= 0.6 is 0 Å². The van der Waals surface area contributed by atoms with Crippen molar-refractivity contribution in [3.05, 3.63) is 64.2 Å². The van der Waals surface area contributed by atoms with E-state index in [9.17, 15) is 9.90 Å². The summed E-state index contributed by atoms with van der Waals surface area (Å²) in [6, 6.07) is 11.9. The second-order valence-electron chi connectivity index (χ2n) is 7.66. The number of aromatic amines is 1. The molecule has 1 aliphatic carbocycles. The number of aromatic hydroxyl groups is 1. The van der Waals surface area contributed by atoms with Crippen LogP contribution in [-0.4, -0.2) is 16.0 Å². The Hall–Kier alpha value is -3.27. The predicted molar refractivity (Wildman–Crippen MR) is 106 cm³/mol. The van der Waals surface area contributed by atoms with E-state index in [-0.39, 0.29) is 11.7 Å². The normalized spacial score (nSPS) is 14.9. The van der Waals surface area contributed by atoms with Crippen LogP contribution in [0.1, 0.15) is 32.6 Å². The summed E-state index contributed by atoms with van der Waals surface area (Å²) in [5.41, 5.74) is 10.00. The summed E-state index contributed by atoms with van der Waals surface area (Å²) in [5, 5.41) is 15.1. The third kappa shape index (κ3) is 1.85. The predicted octanol–water partition coefficient (Wildman–Crippen LogP) is 4.34. The number of carbonyl (C=O) groups is 1. The van der Waals surface area contributed by atoms with Gasteiger partial charge in [-0.3, -0.25) is 4.79 Å². The van der Waals surface area contributed by atoms with Crippen LogP contribution in [-0.2, 0) is 19.4 Å². The second-order valence-corrected chi connectivity index (χ2v) is 7.66. The van der Waals surface area contributed by atoms with Crippen LogP contribution in [0.25, 0.3) is 32.9 Å². The Morgan fingerprint density at radius 3 is 2.78 bits per heavy atom. The highest BCUT2D eigenvalue weighted by Gasteiger charge is 2.33. The number of hydrogen-bond acceptors (Lipinski definition) is 2. The molecule has 0 atom stereocenters. The van der Waals surface area contributed by atoms with Gasteiger partial charge in [0, 0.05) is 28.4 Å². The van der Waals surface area contributed by atoms with E-state index < -0.39 is 0 Å². The largest absolute Gasteiger partial charge is 0.508 e. The lowest BCUT2D eigenvalue weighted by atomic mass is 9.79. The van der Waals surface area contributed by atoms with Crippen molar-refractivity contribution in [1.29, 1.82) is 0 Å². The van der Waals surface area contributed by atoms with Gasteiger partial charge >= 0.3 is 0 Å². The third-order valence-electron chi connectivity index (χ3n) is 6.07. The van der Waals surface area contributed by atoms with Crippen molar-refractivity contribution < 1.29 is 9.90 Å². The number of benzene rings is 3. The van der Waals surface area contributed by atoms with E-state index in [1.807, 2.05) is 6.07 Å². The Morgan fingerprint density at radius 2 is 1.89 bits per heavy atom. The first-order chi connectivity index (χ1) is 13.1. The highest BCUT2D eigenvalue weighted by Crippen LogP contribution is 2.46. The van der Waals surface area contributed by atoms with Crippen LogP contribution < -0.4 is 5.32 Å². The van der Waals surface area contributed by atoms with Crippen molar-refractivity contribution in [2.75, 3.05) is 0 Å². The summed E-state index contributed by atoms with van der Waals surface area (Å²) in [7, 11) is 0. The minimum atomic E-state index is 0.00563. The first-order valence-corrected chi connectivity index (χ1v) is 9.32. The number of hydrogen-bond donors (Lipinski definition) is 3. The molecule has 0 unspecified atom stereocenters. The number of carbonyl (C=O) groups excluding carboxylic acids is 1. The molecule has 0 saturated heterocycles. The van der Waals surface area contributed by atoms with Gasteiger partial charge in [-0.05, 0) is 60.2 Å². The molecule has 1 aliphatic heterocycles. The molecule has 6 rings (SSSR count). The van der Waals surface area contributed by atoms with Gasteiger partial charge in [0.25, 0.3) is 5.91 Å². The first-order valence-electron chi connectivity index (χ1n) is 9.32. The van der Waals surface area contributed by atoms with E-state index in [1.165, 1.54) is 22.3 Å². The lowest BCUT2D eigenvalue weighted by molar-refractivity contribution is 0.0966. The Balaban J connectivity index is 1.83. The van der Waals surface area contributed by atoms with Crippen LogP contribution in [0.4, 0.5) is 0 Å². The molecular weight excluding hydrogens is 336 g/mol. The van der Waals surface area contributed by atoms with Crippen LogP contribution in [0, 0.1) is 6.92 Å². The molecule has 2 aliphatic rings. The van der Waals surface area contributed by atoms with Gasteiger partial charge in [0.15, 0.2) is 0 Å². The molecular formula is C23H18N2O2. The number of nitrogens with one attached hydrogen (secondary N) is 2. The summed E-state index contributed by atoms with van der Waals surface area (Å²) in [6.07, 6.45) is 1.88. The Morgan fingerprint density at radius 1 is 1.00 bits per heavy atom. The Bertz CT molecular complexity index is 1310. The molecule has 0 saturated carbocycles. The minimum absolute atomic E-state index is 0.00563. The second kappa shape index (κ2) is 4.92. The highest BCUT2D eigenvalue weighted by molar-refractivity contribution is 6.19. The van der Waals surface area contributed by atoms with Crippen molar-refractivity contribution in [1.82, 2.24) is 10.3 Å². The summed E-state index contributed by atoms with van der Waals surface area (Å²) in [6.45, 7) is 2.64. The van der Waals surface area contributed by atoms with E-state index in [0.29, 0.717) is 6.54 Å². The van der Waals surface area contributed by atoms with Gasteiger partial charge in [0.1, 0.15) is 5.75 Å². The number of phenolic OH excluding ortho intramolecular Hbond substituents is 1. The van der Waals surface area contributed by atoms with Crippen molar-refractivity contribution in [2.45, 2.75) is 26.3 Å². The number of fused-ring (bicyclic) bond motifs is 10. The van der Waals surface area contributed by atoms with Crippen molar-refractivity contribution in [2.24, 2.45) is 0 Å². The molecule has 0 spiro atoms. The van der Waals surface area contributed by atoms with E-state index in [2.05, 4.69) is 35.4 Å². The standard InChI is InChI=1S/C23H18N2O2/c1-11-2-5-14-12(8-11)3-6-15-19(14)21-17(10-24-23(21)27)20-16-9-13(26)4-7-18(16)25-22(15)20/h2,4-5,7-9,25-26H,3,6,10H2,1H3,(H,24,27). The summed E-state index contributed by atoms with van der Waals surface area (Å²) >= 11 is 0. The maximum atomic E-state index is 12.8. The molecule has 0 fully saturated rings. The Labute approximate surface area is 155 Å². The van der Waals surface area contributed by atoms with E-state index in [0.717, 1.165) is 51.3 Å². The molecule has 1 aromatic heterocycles. The van der Waals surface area contributed by atoms with Crippen LogP contribution in [0.5, 0.6) is 5.75 Å². The van der Waals surface area contributed by atoms with Gasteiger partial charge in [-0.2, -0.15) is 0 Å². The number of phenols is 1. The summed E-state index contributed by atoms with van der Waals surface area (Å²) in [4.78, 5) is 16.4. The molecule has 4 heteroatoms. The molecule has 2 heterocycles. The fourth-order valence-corrected chi connectivity index (χ4v) is 4.94. The van der Waals surface area contributed by atoms with Crippen molar-refractivity contribution in [3.63, 3.8) is 0 Å². The summed E-state index contributed by atoms with van der Waals surface area (Å²) in [5.74, 6) is 0.249. The molecule has 0 radical (unpaired) electrons. The average molecular weight is 354 g/mol. The smallest absolute Gasteiger partial charge is 0.252 e. The van der Waals surface area contributed by atoms with Crippen LogP contribution in [0.15, 0.2) is 36.4 Å². The third-order valence-corrected chi connectivity index (χ3v) is 6.07. The maximum absolute atomic E-state index is 12.8. The van der Waals surface area contributed by atoms with Gasteiger partial charge in [-0.25, -0.2) is 0 Å². The van der Waals surface area contributed by atoms with Crippen LogP contribution in [0.3, 0.4) is 0 Å². The molecule has 27 heavy (non-hydrogen) atoms. The quantitative estimate of drug-likeness (QED) is 0.440. The lowest BCUT2D eigenvalue weighted by Crippen LogP contribution is -2.15. The molecule has 4 nitrogen and oxygen atoms in total. The SMILES string of the molecule is Cc1ccc2c(c1)CCc1c-2c2c(c3c1[nH]c1ccc(O)cc13)CNC2=O. The van der Waals surface area contributed by atoms with Crippen molar-refractivity contribution in [3.8, 4) is 16.9 Å². The van der Waals surface area contributed by atoms with E-state index in [4.69, 9.17) is 0 Å². The zero-order valence-electron chi connectivity index (χ0n) is 14.9. The van der Waals surface area contributed by atoms with Gasteiger partial charge in [0.2, 0.25) is 0 Å².